The molecule has 0 heterocycles. The van der Waals surface area contributed by atoms with Crippen molar-refractivity contribution in [1.82, 2.24) is 10.6 Å². The van der Waals surface area contributed by atoms with Gasteiger partial charge < -0.3 is 26.6 Å². The Morgan fingerprint density at radius 3 is 2.41 bits per heavy atom. The van der Waals surface area contributed by atoms with Crippen LogP contribution in [0, 0.1) is 0 Å². The van der Waals surface area contributed by atoms with Crippen LogP contribution in [0.5, 0.6) is 0 Å². The number of aliphatic carboxylic acids is 1. The maximum atomic E-state index is 11.2. The van der Waals surface area contributed by atoms with Crippen LogP contribution in [0.4, 0.5) is 4.79 Å². The van der Waals surface area contributed by atoms with Gasteiger partial charge in [-0.3, -0.25) is 4.79 Å². The van der Waals surface area contributed by atoms with Gasteiger partial charge in [0.05, 0.1) is 0 Å². The van der Waals surface area contributed by atoms with Crippen LogP contribution >= 0.6 is 0 Å². The molecule has 0 rings (SSSR count). The Hall–Kier alpha value is -1.83. The van der Waals surface area contributed by atoms with Gasteiger partial charge in [0.2, 0.25) is 5.91 Å². The van der Waals surface area contributed by atoms with Crippen LogP contribution in [0.2, 0.25) is 0 Å². The fourth-order valence-electron chi connectivity index (χ4n) is 1.06. The molecule has 8 nitrogen and oxygen atoms in total. The third-order valence-electron chi connectivity index (χ3n) is 1.91. The summed E-state index contributed by atoms with van der Waals surface area (Å²) in [5, 5.41) is 21.8. The van der Waals surface area contributed by atoms with Gasteiger partial charge in [-0.15, -0.1) is 0 Å². The highest BCUT2D eigenvalue weighted by atomic mass is 16.4. The summed E-state index contributed by atoms with van der Waals surface area (Å²) in [5.74, 6) is -1.68. The van der Waals surface area contributed by atoms with Crippen molar-refractivity contribution in [2.45, 2.75) is 25.3 Å². The van der Waals surface area contributed by atoms with E-state index in [4.69, 9.17) is 15.9 Å². The number of urea groups is 1. The minimum absolute atomic E-state index is 0.0654. The molecular weight excluding hydrogens is 230 g/mol. The normalized spacial score (nSPS) is 11.6. The molecule has 0 saturated heterocycles. The minimum Gasteiger partial charge on any atom is -0.480 e. The lowest BCUT2D eigenvalue weighted by molar-refractivity contribution is -0.139. The Bertz CT molecular complexity index is 282. The number of hydrogen-bond acceptors (Lipinski definition) is 4. The standard InChI is InChI=1S/C9H17N3O5/c10-7(14)2-1-4-11-9(17)12-6(3-5-13)8(15)16/h6,13H,1-5H2,(H2,10,14)(H,15,16)(H2,11,12,17)/t6-/m0/s1. The van der Waals surface area contributed by atoms with E-state index < -0.39 is 23.9 Å². The molecule has 0 aromatic rings. The zero-order valence-corrected chi connectivity index (χ0v) is 9.31. The van der Waals surface area contributed by atoms with Gasteiger partial charge in [-0.2, -0.15) is 0 Å². The molecule has 17 heavy (non-hydrogen) atoms. The highest BCUT2D eigenvalue weighted by molar-refractivity contribution is 5.82. The SMILES string of the molecule is NC(=O)CCCNC(=O)N[C@@H](CCO)C(=O)O. The molecule has 8 heteroatoms. The average Bonchev–Trinajstić information content (AvgIpc) is 2.23. The van der Waals surface area contributed by atoms with Crippen LogP contribution in [0.25, 0.3) is 0 Å². The largest absolute Gasteiger partial charge is 0.480 e. The second-order valence-electron chi connectivity index (χ2n) is 3.37. The summed E-state index contributed by atoms with van der Waals surface area (Å²) in [7, 11) is 0. The fourth-order valence-corrected chi connectivity index (χ4v) is 1.06. The van der Waals surface area contributed by atoms with E-state index in [2.05, 4.69) is 10.6 Å². The number of primary amides is 1. The number of nitrogens with one attached hydrogen (secondary N) is 2. The van der Waals surface area contributed by atoms with Gasteiger partial charge in [0.1, 0.15) is 6.04 Å². The maximum Gasteiger partial charge on any atom is 0.326 e. The Labute approximate surface area is 98.2 Å². The first kappa shape index (κ1) is 15.2. The van der Waals surface area contributed by atoms with Crippen molar-refractivity contribution >= 4 is 17.9 Å². The summed E-state index contributed by atoms with van der Waals surface area (Å²) >= 11 is 0. The van der Waals surface area contributed by atoms with Gasteiger partial charge in [-0.1, -0.05) is 0 Å². The van der Waals surface area contributed by atoms with Crippen LogP contribution in [0.15, 0.2) is 0 Å². The van der Waals surface area contributed by atoms with Crippen LogP contribution in [-0.2, 0) is 9.59 Å². The first-order valence-electron chi connectivity index (χ1n) is 5.13. The molecule has 6 N–H and O–H groups in total. The summed E-state index contributed by atoms with van der Waals surface area (Å²) in [6, 6.07) is -1.79. The highest BCUT2D eigenvalue weighted by Gasteiger charge is 2.18. The number of nitrogens with two attached hydrogens (primary N) is 1. The first-order chi connectivity index (χ1) is 7.97. The third kappa shape index (κ3) is 8.03. The summed E-state index contributed by atoms with van der Waals surface area (Å²) in [4.78, 5) is 32.2. The van der Waals surface area contributed by atoms with Gasteiger partial charge in [0.15, 0.2) is 0 Å². The van der Waals surface area contributed by atoms with Gasteiger partial charge in [-0.25, -0.2) is 9.59 Å². The molecule has 98 valence electrons. The van der Waals surface area contributed by atoms with Crippen molar-refractivity contribution in [1.29, 1.82) is 0 Å². The molecule has 0 radical (unpaired) electrons. The topological polar surface area (TPSA) is 142 Å². The number of hydrogen-bond donors (Lipinski definition) is 5. The summed E-state index contributed by atoms with van der Waals surface area (Å²) in [5.41, 5.74) is 4.90. The predicted octanol–water partition coefficient (Wildman–Crippen LogP) is -1.61. The number of carboxylic acids is 1. The molecule has 0 aliphatic heterocycles. The molecule has 0 aromatic carbocycles. The van der Waals surface area contributed by atoms with Crippen LogP contribution in [0.3, 0.4) is 0 Å². The van der Waals surface area contributed by atoms with Crippen molar-refractivity contribution in [2.75, 3.05) is 13.2 Å². The second kappa shape index (κ2) is 8.34. The highest BCUT2D eigenvalue weighted by Crippen LogP contribution is 1.91. The van der Waals surface area contributed by atoms with Crippen molar-refractivity contribution in [2.24, 2.45) is 5.73 Å². The maximum absolute atomic E-state index is 11.2. The summed E-state index contributed by atoms with van der Waals surface area (Å²) in [6.45, 7) is -0.112. The minimum atomic E-state index is -1.22. The van der Waals surface area contributed by atoms with Crippen molar-refractivity contribution < 1.29 is 24.6 Å². The third-order valence-corrected chi connectivity index (χ3v) is 1.91. The summed E-state index contributed by atoms with van der Waals surface area (Å²) < 4.78 is 0. The molecule has 0 spiro atoms. The Balaban J connectivity index is 3.82. The van der Waals surface area contributed by atoms with Gasteiger partial charge >= 0.3 is 12.0 Å². The van der Waals surface area contributed by atoms with Crippen LogP contribution < -0.4 is 16.4 Å². The number of carboxylic acid groups (broad SMARTS) is 1. The molecule has 0 saturated carbocycles. The smallest absolute Gasteiger partial charge is 0.326 e. The lowest BCUT2D eigenvalue weighted by Crippen LogP contribution is -2.46. The van der Waals surface area contributed by atoms with E-state index in [-0.39, 0.29) is 26.0 Å². The quantitative estimate of drug-likeness (QED) is 0.328. The molecule has 0 bridgehead atoms. The van der Waals surface area contributed by atoms with Gasteiger partial charge in [-0.05, 0) is 6.42 Å². The van der Waals surface area contributed by atoms with E-state index in [0.717, 1.165) is 0 Å². The second-order valence-corrected chi connectivity index (χ2v) is 3.37. The molecule has 1 atom stereocenters. The summed E-state index contributed by atoms with van der Waals surface area (Å²) in [6.07, 6.45) is 0.476. The molecule has 0 aliphatic rings. The lowest BCUT2D eigenvalue weighted by atomic mass is 10.2. The number of carbonyl (C=O) groups excluding carboxylic acids is 2. The Morgan fingerprint density at radius 1 is 1.29 bits per heavy atom. The first-order valence-corrected chi connectivity index (χ1v) is 5.13. The molecule has 0 aromatic heterocycles. The Morgan fingerprint density at radius 2 is 1.94 bits per heavy atom. The van der Waals surface area contributed by atoms with Crippen molar-refractivity contribution in [3.8, 4) is 0 Å². The molecule has 0 aliphatic carbocycles. The molecular formula is C9H17N3O5. The fraction of sp³-hybridized carbons (Fsp3) is 0.667. The number of aliphatic hydroxyl groups excluding tert-OH is 1. The van der Waals surface area contributed by atoms with Gasteiger partial charge in [0.25, 0.3) is 0 Å². The predicted molar refractivity (Wildman–Crippen MR) is 58.1 cm³/mol. The average molecular weight is 247 g/mol. The van der Waals surface area contributed by atoms with E-state index in [1.807, 2.05) is 0 Å². The number of aliphatic hydroxyl groups is 1. The molecule has 0 unspecified atom stereocenters. The number of rotatable bonds is 8. The number of amides is 3. The van der Waals surface area contributed by atoms with E-state index in [1.165, 1.54) is 0 Å². The van der Waals surface area contributed by atoms with E-state index in [1.54, 1.807) is 0 Å². The van der Waals surface area contributed by atoms with Crippen molar-refractivity contribution in [3.05, 3.63) is 0 Å². The van der Waals surface area contributed by atoms with Crippen molar-refractivity contribution in [3.63, 3.8) is 0 Å². The van der Waals surface area contributed by atoms with Gasteiger partial charge in [0, 0.05) is 26.0 Å². The van der Waals surface area contributed by atoms with E-state index in [0.29, 0.717) is 6.42 Å². The molecule has 3 amide bonds. The van der Waals surface area contributed by atoms with E-state index in [9.17, 15) is 14.4 Å². The zero-order chi connectivity index (χ0) is 13.3. The Kier molecular flexibility index (Phi) is 7.44. The zero-order valence-electron chi connectivity index (χ0n) is 9.31. The van der Waals surface area contributed by atoms with E-state index >= 15 is 0 Å². The molecule has 0 fully saturated rings. The van der Waals surface area contributed by atoms with Crippen LogP contribution in [-0.4, -0.2) is 47.3 Å². The van der Waals surface area contributed by atoms with Crippen LogP contribution in [0.1, 0.15) is 19.3 Å². The number of carbonyl (C=O) groups is 3. The monoisotopic (exact) mass is 247 g/mol. The lowest BCUT2D eigenvalue weighted by Gasteiger charge is -2.13.